The summed E-state index contributed by atoms with van der Waals surface area (Å²) >= 11 is 4.23. The fraction of sp³-hybridized carbons (Fsp3) is 0.500. The Hall–Kier alpha value is -2.83. The van der Waals surface area contributed by atoms with Gasteiger partial charge in [-0.05, 0) is 60.8 Å². The first kappa shape index (κ1) is 31.7. The third kappa shape index (κ3) is 9.10. The number of alkyl halides is 3. The Balaban J connectivity index is 1.80. The monoisotopic (exact) mass is 585 g/mol. The van der Waals surface area contributed by atoms with Crippen molar-refractivity contribution >= 4 is 24.4 Å². The van der Waals surface area contributed by atoms with E-state index in [1.54, 1.807) is 13.1 Å². The summed E-state index contributed by atoms with van der Waals surface area (Å²) in [4.78, 5) is 27.5. The number of likely N-dealkylation sites (N-methyl/N-ethyl adjacent to an activating group) is 1. The van der Waals surface area contributed by atoms with Gasteiger partial charge < -0.3 is 25.4 Å². The van der Waals surface area contributed by atoms with Crippen molar-refractivity contribution in [3.63, 3.8) is 0 Å². The standard InChI is InChI=1S/C28H35F4N3O4S/c1-35-23(10-12-40)27(38)34-22(24(36)17-33-16-19-5-4-6-20(13-19)28(30,31)32)15-18-8-9-25(21(29)14-18)39-11-3-2-7-26(35)37/h4-6,8-9,13-14,22-24,33,36,40H,2-3,7,10-12,15-17H2,1H3,(H,34,38)/t22-,23?,24+/m0/s1. The van der Waals surface area contributed by atoms with E-state index >= 15 is 0 Å². The molecule has 2 aliphatic rings. The van der Waals surface area contributed by atoms with Crippen LogP contribution in [0.3, 0.4) is 0 Å². The Kier molecular flexibility index (Phi) is 11.6. The number of amides is 2. The average Bonchev–Trinajstić information content (AvgIpc) is 2.90. The van der Waals surface area contributed by atoms with E-state index in [2.05, 4.69) is 23.3 Å². The number of nitrogens with one attached hydrogen (secondary N) is 2. The van der Waals surface area contributed by atoms with Crippen LogP contribution in [-0.2, 0) is 28.7 Å². The number of nitrogens with zero attached hydrogens (tertiary/aromatic N) is 1. The van der Waals surface area contributed by atoms with Gasteiger partial charge >= 0.3 is 6.18 Å². The highest BCUT2D eigenvalue weighted by Gasteiger charge is 2.31. The smallest absolute Gasteiger partial charge is 0.416 e. The predicted molar refractivity (Wildman–Crippen MR) is 146 cm³/mol. The quantitative estimate of drug-likeness (QED) is 0.294. The molecular weight excluding hydrogens is 550 g/mol. The van der Waals surface area contributed by atoms with Crippen molar-refractivity contribution in [2.75, 3.05) is 26.0 Å². The molecule has 12 heteroatoms. The molecule has 3 N–H and O–H groups in total. The summed E-state index contributed by atoms with van der Waals surface area (Å²) < 4.78 is 59.3. The summed E-state index contributed by atoms with van der Waals surface area (Å²) in [5.41, 5.74) is 0.0885. The molecule has 0 saturated heterocycles. The van der Waals surface area contributed by atoms with E-state index in [1.165, 1.54) is 29.2 Å². The first-order valence-electron chi connectivity index (χ1n) is 13.1. The molecular formula is C28H35F4N3O4S. The molecule has 3 atom stereocenters. The van der Waals surface area contributed by atoms with Crippen LogP contribution < -0.4 is 15.4 Å². The highest BCUT2D eigenvalue weighted by atomic mass is 32.1. The van der Waals surface area contributed by atoms with Gasteiger partial charge in [0.1, 0.15) is 6.04 Å². The summed E-state index contributed by atoms with van der Waals surface area (Å²) in [5, 5.41) is 16.8. The molecule has 0 aliphatic carbocycles. The van der Waals surface area contributed by atoms with Crippen molar-refractivity contribution in [1.82, 2.24) is 15.5 Å². The Morgan fingerprint density at radius 3 is 2.67 bits per heavy atom. The van der Waals surface area contributed by atoms with E-state index < -0.39 is 41.7 Å². The number of hydrogen-bond donors (Lipinski definition) is 4. The molecule has 4 rings (SSSR count). The largest absolute Gasteiger partial charge is 0.491 e. The predicted octanol–water partition coefficient (Wildman–Crippen LogP) is 3.73. The molecule has 0 fully saturated rings. The lowest BCUT2D eigenvalue weighted by Gasteiger charge is -2.31. The molecule has 2 bridgehead atoms. The molecule has 7 nitrogen and oxygen atoms in total. The number of rotatable bonds is 7. The maximum absolute atomic E-state index is 14.7. The average molecular weight is 586 g/mol. The van der Waals surface area contributed by atoms with Gasteiger partial charge in [0.15, 0.2) is 11.6 Å². The van der Waals surface area contributed by atoms with E-state index in [9.17, 15) is 32.3 Å². The highest BCUT2D eigenvalue weighted by Crippen LogP contribution is 2.29. The van der Waals surface area contributed by atoms with Gasteiger partial charge in [0.25, 0.3) is 0 Å². The normalized spacial score (nSPS) is 20.2. The first-order chi connectivity index (χ1) is 19.0. The summed E-state index contributed by atoms with van der Waals surface area (Å²) in [7, 11) is 1.55. The summed E-state index contributed by atoms with van der Waals surface area (Å²) in [5.74, 6) is -0.905. The second kappa shape index (κ2) is 14.7. The minimum Gasteiger partial charge on any atom is -0.491 e. The molecule has 0 radical (unpaired) electrons. The SMILES string of the molecule is CN1C(=O)CCCCOc2ccc(cc2F)C[C@@H]([C@H](O)CNCc2cccc(C(F)(F)F)c2)NC(=O)C1CCS. The number of aliphatic hydroxyl groups is 1. The van der Waals surface area contributed by atoms with Gasteiger partial charge in [-0.3, -0.25) is 9.59 Å². The highest BCUT2D eigenvalue weighted by molar-refractivity contribution is 7.80. The Morgan fingerprint density at radius 2 is 1.98 bits per heavy atom. The van der Waals surface area contributed by atoms with Gasteiger partial charge in [-0.1, -0.05) is 24.3 Å². The molecule has 40 heavy (non-hydrogen) atoms. The van der Waals surface area contributed by atoms with Gasteiger partial charge in [-0.2, -0.15) is 25.8 Å². The maximum Gasteiger partial charge on any atom is 0.416 e. The third-order valence-corrected chi connectivity index (χ3v) is 7.05. The number of ether oxygens (including phenoxy) is 1. The number of fused-ring (bicyclic) bond motifs is 13. The number of benzene rings is 2. The zero-order valence-corrected chi connectivity index (χ0v) is 23.1. The Labute approximate surface area is 236 Å². The lowest BCUT2D eigenvalue weighted by atomic mass is 9.99. The minimum absolute atomic E-state index is 0.0435. The van der Waals surface area contributed by atoms with Gasteiger partial charge in [0.05, 0.1) is 24.3 Å². The number of carbonyl (C=O) groups is 2. The van der Waals surface area contributed by atoms with Crippen LogP contribution in [0.5, 0.6) is 5.75 Å². The molecule has 220 valence electrons. The van der Waals surface area contributed by atoms with Crippen molar-refractivity contribution < 1.29 is 37.0 Å². The van der Waals surface area contributed by atoms with Gasteiger partial charge in [0.2, 0.25) is 11.8 Å². The number of carbonyl (C=O) groups excluding carboxylic acids is 2. The maximum atomic E-state index is 14.7. The van der Waals surface area contributed by atoms with Gasteiger partial charge in [0, 0.05) is 26.6 Å². The minimum atomic E-state index is -4.47. The van der Waals surface area contributed by atoms with Crippen LogP contribution in [0.1, 0.15) is 42.4 Å². The van der Waals surface area contributed by atoms with Crippen LogP contribution in [-0.4, -0.2) is 66.0 Å². The van der Waals surface area contributed by atoms with E-state index in [4.69, 9.17) is 4.74 Å². The van der Waals surface area contributed by atoms with Gasteiger partial charge in [-0.25, -0.2) is 4.39 Å². The van der Waals surface area contributed by atoms with Crippen molar-refractivity contribution in [1.29, 1.82) is 0 Å². The molecule has 0 aromatic heterocycles. The summed E-state index contributed by atoms with van der Waals surface area (Å²) in [6.45, 7) is 0.200. The fourth-order valence-electron chi connectivity index (χ4n) is 4.50. The number of thiol groups is 1. The Morgan fingerprint density at radius 1 is 1.20 bits per heavy atom. The lowest BCUT2D eigenvalue weighted by Crippen LogP contribution is -2.55. The van der Waals surface area contributed by atoms with Crippen LogP contribution in [0.15, 0.2) is 42.5 Å². The van der Waals surface area contributed by atoms with E-state index in [0.717, 1.165) is 12.1 Å². The molecule has 2 aliphatic heterocycles. The van der Waals surface area contributed by atoms with Crippen LogP contribution >= 0.6 is 12.6 Å². The molecule has 1 unspecified atom stereocenters. The number of aliphatic hydroxyl groups excluding tert-OH is 1. The van der Waals surface area contributed by atoms with Crippen molar-refractivity contribution in [3.05, 3.63) is 65.0 Å². The number of hydrogen-bond acceptors (Lipinski definition) is 6. The van der Waals surface area contributed by atoms with Crippen molar-refractivity contribution in [2.45, 2.75) is 63.0 Å². The van der Waals surface area contributed by atoms with E-state index in [1.807, 2.05) is 0 Å². The Bertz CT molecular complexity index is 1150. The van der Waals surface area contributed by atoms with Crippen LogP contribution in [0.2, 0.25) is 0 Å². The molecule has 0 spiro atoms. The van der Waals surface area contributed by atoms with Crippen LogP contribution in [0.25, 0.3) is 0 Å². The first-order valence-corrected chi connectivity index (χ1v) is 13.8. The second-order valence-electron chi connectivity index (χ2n) is 9.82. The van der Waals surface area contributed by atoms with Crippen LogP contribution in [0.4, 0.5) is 17.6 Å². The zero-order chi connectivity index (χ0) is 29.3. The molecule has 2 aromatic rings. The van der Waals surface area contributed by atoms with E-state index in [-0.39, 0.29) is 50.6 Å². The molecule has 2 heterocycles. The fourth-order valence-corrected chi connectivity index (χ4v) is 4.75. The molecule has 0 saturated carbocycles. The second-order valence-corrected chi connectivity index (χ2v) is 10.3. The summed E-state index contributed by atoms with van der Waals surface area (Å²) in [6, 6.07) is 7.52. The zero-order valence-electron chi connectivity index (χ0n) is 22.2. The van der Waals surface area contributed by atoms with Crippen molar-refractivity contribution in [3.8, 4) is 5.75 Å². The van der Waals surface area contributed by atoms with E-state index in [0.29, 0.717) is 29.7 Å². The molecule has 2 amide bonds. The van der Waals surface area contributed by atoms with Crippen molar-refractivity contribution in [2.24, 2.45) is 0 Å². The summed E-state index contributed by atoms with van der Waals surface area (Å²) in [6.07, 6.45) is -4.12. The topological polar surface area (TPSA) is 90.9 Å². The third-order valence-electron chi connectivity index (χ3n) is 6.79. The van der Waals surface area contributed by atoms with Crippen LogP contribution in [0, 0.1) is 5.82 Å². The lowest BCUT2D eigenvalue weighted by molar-refractivity contribution is -0.139. The molecule has 2 aromatic carbocycles. The number of halogens is 4. The van der Waals surface area contributed by atoms with Gasteiger partial charge in [-0.15, -0.1) is 0 Å².